The Hall–Kier alpha value is 2.86. The molecule has 0 saturated heterocycles. The first kappa shape index (κ1) is 120. The normalized spacial score (nSPS) is 5.36. The fourth-order valence-corrected chi connectivity index (χ4v) is 0. The molecule has 0 aliphatic carbocycles. The zero-order valence-electron chi connectivity index (χ0n) is 8.89. The van der Waals surface area contributed by atoms with Gasteiger partial charge in [-0.1, -0.05) is 0 Å². The van der Waals surface area contributed by atoms with Gasteiger partial charge in [-0.15, -0.1) is 0 Å². The van der Waals surface area contributed by atoms with E-state index in [0.29, 0.717) is 0 Å². The molecule has 22 heavy (non-hydrogen) atoms. The maximum absolute atomic E-state index is 8.88. The van der Waals surface area contributed by atoms with E-state index in [9.17, 15) is 0 Å². The monoisotopic (exact) mass is 430 g/mol. The van der Waals surface area contributed by atoms with Crippen LogP contribution in [0.5, 0.6) is 0 Å². The Kier molecular flexibility index (Phi) is 308. The van der Waals surface area contributed by atoms with E-state index in [4.69, 9.17) is 38.5 Å². The van der Waals surface area contributed by atoms with Gasteiger partial charge >= 0.3 is 104 Å². The third-order valence-corrected chi connectivity index (χ3v) is 0. The molecule has 0 atom stereocenters. The molecular formula is H27Na3O17P2. The van der Waals surface area contributed by atoms with Gasteiger partial charge in [-0.05, 0) is 0 Å². The van der Waals surface area contributed by atoms with Crippen LogP contribution in [0.3, 0.4) is 0 Å². The third kappa shape index (κ3) is 1340. The second-order valence-corrected chi connectivity index (χ2v) is 3.08. The molecule has 0 radical (unpaired) electrons. The van der Waals surface area contributed by atoms with Crippen LogP contribution in [-0.2, 0) is 9.13 Å². The predicted molar refractivity (Wildman–Crippen MR) is 82.5 cm³/mol. The van der Waals surface area contributed by atoms with E-state index in [1.165, 1.54) is 0 Å². The van der Waals surface area contributed by atoms with Crippen LogP contribution in [0.25, 0.3) is 0 Å². The summed E-state index contributed by atoms with van der Waals surface area (Å²) in [5, 5.41) is 0. The van der Waals surface area contributed by atoms with Gasteiger partial charge in [-0.25, -0.2) is 9.13 Å². The van der Waals surface area contributed by atoms with E-state index in [0.717, 1.165) is 0 Å². The molecule has 0 aliphatic heterocycles. The van der Waals surface area contributed by atoms with Crippen molar-refractivity contribution in [3.05, 3.63) is 0 Å². The van der Waals surface area contributed by atoms with Crippen molar-refractivity contribution in [2.75, 3.05) is 0 Å². The molecule has 22 heteroatoms. The van der Waals surface area contributed by atoms with Crippen LogP contribution in [-0.4, -0.2) is 167 Å². The Labute approximate surface area is 190 Å². The van der Waals surface area contributed by atoms with Gasteiger partial charge < -0.3 is 78.6 Å². The van der Waals surface area contributed by atoms with Crippen LogP contribution < -0.4 is 0 Å². The van der Waals surface area contributed by atoms with Crippen LogP contribution in [0.4, 0.5) is 0 Å². The Morgan fingerprint density at radius 3 is 0.364 bits per heavy atom. The van der Waals surface area contributed by atoms with Crippen molar-refractivity contribution >= 4 is 104 Å². The standard InChI is InChI=1S/3Na.2H3O4P.9H2O.3H/c;;;2*1-5(2,3)4;;;;;;;;;;;;/h;;;2*(H3,1,2,3,4);9*1H2;;;. The van der Waals surface area contributed by atoms with Crippen LogP contribution in [0.15, 0.2) is 0 Å². The van der Waals surface area contributed by atoms with Crippen molar-refractivity contribution in [1.82, 2.24) is 0 Å². The molecule has 0 spiro atoms. The first-order valence-corrected chi connectivity index (χ1v) is 4.70. The molecule has 0 aromatic rings. The quantitative estimate of drug-likeness (QED) is 0.158. The van der Waals surface area contributed by atoms with Gasteiger partial charge in [0.1, 0.15) is 0 Å². The molecular weight excluding hydrogens is 403 g/mol. The van der Waals surface area contributed by atoms with Crippen molar-refractivity contribution in [1.29, 1.82) is 0 Å². The fourth-order valence-electron chi connectivity index (χ4n) is 0. The van der Waals surface area contributed by atoms with E-state index in [2.05, 4.69) is 0 Å². The molecule has 0 saturated carbocycles. The summed E-state index contributed by atoms with van der Waals surface area (Å²) in [5.41, 5.74) is 0. The minimum absolute atomic E-state index is 0. The van der Waals surface area contributed by atoms with Crippen molar-refractivity contribution in [3.8, 4) is 0 Å². The van der Waals surface area contributed by atoms with Crippen molar-refractivity contribution < 1.29 is 87.8 Å². The van der Waals surface area contributed by atoms with Crippen molar-refractivity contribution in [2.45, 2.75) is 0 Å². The summed E-state index contributed by atoms with van der Waals surface area (Å²) in [6.07, 6.45) is 0. The molecule has 0 aromatic heterocycles. The van der Waals surface area contributed by atoms with E-state index >= 15 is 0 Å². The second-order valence-electron chi connectivity index (χ2n) is 1.03. The van der Waals surface area contributed by atoms with Gasteiger partial charge in [0.25, 0.3) is 0 Å². The average molecular weight is 430 g/mol. The summed E-state index contributed by atoms with van der Waals surface area (Å²) in [7, 11) is -9.28. The Morgan fingerprint density at radius 2 is 0.364 bits per heavy atom. The molecule has 142 valence electrons. The molecule has 0 heterocycles. The zero-order valence-corrected chi connectivity index (χ0v) is 10.7. The van der Waals surface area contributed by atoms with Crippen molar-refractivity contribution in [2.24, 2.45) is 0 Å². The molecule has 0 amide bonds. The summed E-state index contributed by atoms with van der Waals surface area (Å²) in [6, 6.07) is 0. The number of hydrogen-bond acceptors (Lipinski definition) is 2. The number of hydrogen-bond donors (Lipinski definition) is 6. The van der Waals surface area contributed by atoms with Crippen LogP contribution in [0.1, 0.15) is 0 Å². The number of phosphoric acid groups is 2. The van der Waals surface area contributed by atoms with Gasteiger partial charge in [-0.3, -0.25) is 0 Å². The van der Waals surface area contributed by atoms with E-state index in [1.807, 2.05) is 0 Å². The Bertz CT molecular complexity index is 134. The first-order valence-electron chi connectivity index (χ1n) is 1.57. The molecule has 0 unspecified atom stereocenters. The average Bonchev–Trinajstić information content (AvgIpc) is 1.12. The first-order chi connectivity index (χ1) is 4.00. The van der Waals surface area contributed by atoms with Gasteiger partial charge in [0.15, 0.2) is 0 Å². The third-order valence-electron chi connectivity index (χ3n) is 0. The maximum atomic E-state index is 8.88. The minimum atomic E-state index is -4.64. The summed E-state index contributed by atoms with van der Waals surface area (Å²) in [5.74, 6) is 0. The summed E-state index contributed by atoms with van der Waals surface area (Å²) in [6.45, 7) is 0. The number of rotatable bonds is 0. The van der Waals surface area contributed by atoms with Gasteiger partial charge in [0, 0.05) is 0 Å². The zero-order chi connectivity index (χ0) is 9.00. The molecule has 0 fully saturated rings. The van der Waals surface area contributed by atoms with E-state index in [-0.39, 0.29) is 138 Å². The van der Waals surface area contributed by atoms with Gasteiger partial charge in [-0.2, -0.15) is 0 Å². The molecule has 17 nitrogen and oxygen atoms in total. The topological polar surface area (TPSA) is 439 Å². The second kappa shape index (κ2) is 56.5. The van der Waals surface area contributed by atoms with E-state index in [1.54, 1.807) is 0 Å². The summed E-state index contributed by atoms with van der Waals surface area (Å²) < 4.78 is 17.8. The fraction of sp³-hybridized carbons (Fsp3) is 0. The van der Waals surface area contributed by atoms with Gasteiger partial charge in [0.2, 0.25) is 0 Å². The Balaban J connectivity index is -0.00000000314. The van der Waals surface area contributed by atoms with Gasteiger partial charge in [0.05, 0.1) is 0 Å². The van der Waals surface area contributed by atoms with Crippen LogP contribution in [0, 0.1) is 0 Å². The summed E-state index contributed by atoms with van der Waals surface area (Å²) in [4.78, 5) is 43.1. The predicted octanol–water partition coefficient (Wildman–Crippen LogP) is -11.2. The SMILES string of the molecule is O.O.O.O.O.O.O.O.O.O=P(O)(O)O.O=P(O)(O)O.[NaH].[NaH].[NaH]. The summed E-state index contributed by atoms with van der Waals surface area (Å²) >= 11 is 0. The molecule has 0 rings (SSSR count). The van der Waals surface area contributed by atoms with Crippen LogP contribution >= 0.6 is 15.6 Å². The molecule has 0 aliphatic rings. The Morgan fingerprint density at radius 1 is 0.364 bits per heavy atom. The van der Waals surface area contributed by atoms with E-state index < -0.39 is 15.6 Å². The molecule has 0 aromatic carbocycles. The molecule has 0 bridgehead atoms. The van der Waals surface area contributed by atoms with Crippen LogP contribution in [0.2, 0.25) is 0 Å². The molecule has 24 N–H and O–H groups in total. The van der Waals surface area contributed by atoms with Crippen molar-refractivity contribution in [3.63, 3.8) is 0 Å².